The third-order valence-corrected chi connectivity index (χ3v) is 4.11. The van der Waals surface area contributed by atoms with Gasteiger partial charge in [0.15, 0.2) is 0 Å². The van der Waals surface area contributed by atoms with E-state index < -0.39 is 0 Å². The van der Waals surface area contributed by atoms with Crippen molar-refractivity contribution in [3.8, 4) is 0 Å². The molecule has 1 rings (SSSR count). The molecular formula is C17H33NO5. The summed E-state index contributed by atoms with van der Waals surface area (Å²) in [6.07, 6.45) is 4.38. The molecule has 6 heteroatoms. The lowest BCUT2D eigenvalue weighted by molar-refractivity contribution is -0.126. The summed E-state index contributed by atoms with van der Waals surface area (Å²) in [7, 11) is 1.65. The summed E-state index contributed by atoms with van der Waals surface area (Å²) in [6.45, 7) is 6.77. The van der Waals surface area contributed by atoms with Crippen LogP contribution in [0.15, 0.2) is 0 Å². The Hall–Kier alpha value is -0.690. The Balaban J connectivity index is 1.81. The maximum absolute atomic E-state index is 12.0. The van der Waals surface area contributed by atoms with Crippen molar-refractivity contribution < 1.29 is 23.7 Å². The van der Waals surface area contributed by atoms with Crippen LogP contribution in [0.25, 0.3) is 0 Å². The largest absolute Gasteiger partial charge is 0.382 e. The number of rotatable bonds is 13. The van der Waals surface area contributed by atoms with Crippen molar-refractivity contribution in [1.82, 2.24) is 5.32 Å². The van der Waals surface area contributed by atoms with Crippen LogP contribution in [0.1, 0.15) is 32.6 Å². The first-order chi connectivity index (χ1) is 11.2. The Labute approximate surface area is 140 Å². The van der Waals surface area contributed by atoms with Crippen LogP contribution in [0, 0.1) is 11.8 Å². The summed E-state index contributed by atoms with van der Waals surface area (Å²) in [5, 5.41) is 2.96. The van der Waals surface area contributed by atoms with Gasteiger partial charge in [-0.2, -0.15) is 0 Å². The van der Waals surface area contributed by atoms with E-state index in [2.05, 4.69) is 12.2 Å². The minimum absolute atomic E-state index is 0.185. The molecule has 0 aromatic carbocycles. The first-order valence-electron chi connectivity index (χ1n) is 8.74. The predicted octanol–water partition coefficient (Wildman–Crippen LogP) is 1.63. The molecule has 0 aromatic heterocycles. The van der Waals surface area contributed by atoms with Crippen LogP contribution in [-0.4, -0.2) is 65.8 Å². The normalized spacial score (nSPS) is 21.3. The molecule has 1 amide bonds. The summed E-state index contributed by atoms with van der Waals surface area (Å²) >= 11 is 0. The molecule has 1 aliphatic carbocycles. The summed E-state index contributed by atoms with van der Waals surface area (Å²) in [4.78, 5) is 12.0. The van der Waals surface area contributed by atoms with E-state index in [1.165, 1.54) is 12.8 Å². The molecule has 1 N–H and O–H groups in total. The molecule has 0 unspecified atom stereocenters. The van der Waals surface area contributed by atoms with E-state index in [0.29, 0.717) is 52.8 Å². The number of carbonyl (C=O) groups is 1. The molecule has 1 aliphatic rings. The third-order valence-electron chi connectivity index (χ3n) is 4.11. The van der Waals surface area contributed by atoms with E-state index in [0.717, 1.165) is 18.8 Å². The van der Waals surface area contributed by atoms with E-state index in [-0.39, 0.29) is 11.8 Å². The number of ether oxygens (including phenoxy) is 4. The highest BCUT2D eigenvalue weighted by atomic mass is 16.6. The van der Waals surface area contributed by atoms with Gasteiger partial charge in [-0.25, -0.2) is 0 Å². The zero-order chi connectivity index (χ0) is 16.8. The van der Waals surface area contributed by atoms with Crippen molar-refractivity contribution in [1.29, 1.82) is 0 Å². The fourth-order valence-electron chi connectivity index (χ4n) is 2.60. The topological polar surface area (TPSA) is 66.0 Å². The van der Waals surface area contributed by atoms with Crippen molar-refractivity contribution in [3.63, 3.8) is 0 Å². The maximum atomic E-state index is 12.0. The lowest BCUT2D eigenvalue weighted by atomic mass is 9.82. The Morgan fingerprint density at radius 1 is 0.870 bits per heavy atom. The lowest BCUT2D eigenvalue weighted by Crippen LogP contribution is -2.35. The van der Waals surface area contributed by atoms with Gasteiger partial charge >= 0.3 is 0 Å². The van der Waals surface area contributed by atoms with Crippen molar-refractivity contribution in [2.75, 3.05) is 59.9 Å². The molecular weight excluding hydrogens is 298 g/mol. The first-order valence-corrected chi connectivity index (χ1v) is 8.74. The highest BCUT2D eigenvalue weighted by molar-refractivity contribution is 5.78. The number of nitrogens with one attached hydrogen (secondary N) is 1. The zero-order valence-electron chi connectivity index (χ0n) is 14.7. The minimum atomic E-state index is 0.185. The van der Waals surface area contributed by atoms with Gasteiger partial charge in [-0.1, -0.05) is 6.92 Å². The standard InChI is InChI=1S/C17H33NO5/c1-15-3-5-16(6-4-15)17(19)18-7-8-21-11-12-23-14-13-22-10-9-20-2/h15-16H,3-14H2,1-2H3,(H,18,19)/t15-,16+. The van der Waals surface area contributed by atoms with Crippen LogP contribution < -0.4 is 5.32 Å². The fourth-order valence-corrected chi connectivity index (χ4v) is 2.60. The number of amides is 1. The van der Waals surface area contributed by atoms with Gasteiger partial charge in [0.2, 0.25) is 5.91 Å². The van der Waals surface area contributed by atoms with E-state index in [1.54, 1.807) is 7.11 Å². The third kappa shape index (κ3) is 10.7. The van der Waals surface area contributed by atoms with E-state index in [1.807, 2.05) is 0 Å². The second kappa shape index (κ2) is 13.7. The smallest absolute Gasteiger partial charge is 0.223 e. The van der Waals surface area contributed by atoms with Crippen LogP contribution in [0.4, 0.5) is 0 Å². The van der Waals surface area contributed by atoms with Crippen molar-refractivity contribution in [2.24, 2.45) is 11.8 Å². The second-order valence-corrected chi connectivity index (χ2v) is 6.08. The molecule has 0 aliphatic heterocycles. The molecule has 0 bridgehead atoms. The Bertz CT molecular complexity index is 293. The van der Waals surface area contributed by atoms with Gasteiger partial charge in [0.05, 0.1) is 46.2 Å². The monoisotopic (exact) mass is 331 g/mol. The van der Waals surface area contributed by atoms with Gasteiger partial charge in [0.1, 0.15) is 0 Å². The molecule has 0 spiro atoms. The first kappa shape index (κ1) is 20.4. The Kier molecular flexibility index (Phi) is 12.1. The number of methoxy groups -OCH3 is 1. The van der Waals surface area contributed by atoms with Crippen LogP contribution in [-0.2, 0) is 23.7 Å². The molecule has 1 saturated carbocycles. The summed E-state index contributed by atoms with van der Waals surface area (Å²) in [5.74, 6) is 1.16. The number of hydrogen-bond acceptors (Lipinski definition) is 5. The van der Waals surface area contributed by atoms with Gasteiger partial charge in [0, 0.05) is 19.6 Å². The number of hydrogen-bond donors (Lipinski definition) is 1. The van der Waals surface area contributed by atoms with E-state index in [9.17, 15) is 4.79 Å². The van der Waals surface area contributed by atoms with Crippen LogP contribution in [0.5, 0.6) is 0 Å². The van der Waals surface area contributed by atoms with Crippen LogP contribution in [0.3, 0.4) is 0 Å². The van der Waals surface area contributed by atoms with Gasteiger partial charge in [0.25, 0.3) is 0 Å². The summed E-state index contributed by atoms with van der Waals surface area (Å²) < 4.78 is 20.9. The average molecular weight is 331 g/mol. The molecule has 136 valence electrons. The molecule has 23 heavy (non-hydrogen) atoms. The van der Waals surface area contributed by atoms with E-state index in [4.69, 9.17) is 18.9 Å². The molecule has 1 fully saturated rings. The predicted molar refractivity (Wildman–Crippen MR) is 88.5 cm³/mol. The fraction of sp³-hybridized carbons (Fsp3) is 0.941. The SMILES string of the molecule is COCCOCCOCCOCCNC(=O)[C@H]1CC[C@@H](C)CC1. The van der Waals surface area contributed by atoms with Crippen molar-refractivity contribution >= 4 is 5.91 Å². The second-order valence-electron chi connectivity index (χ2n) is 6.08. The van der Waals surface area contributed by atoms with E-state index >= 15 is 0 Å². The van der Waals surface area contributed by atoms with Gasteiger partial charge in [-0.05, 0) is 31.6 Å². The minimum Gasteiger partial charge on any atom is -0.382 e. The lowest BCUT2D eigenvalue weighted by Gasteiger charge is -2.25. The molecule has 0 heterocycles. The average Bonchev–Trinajstić information content (AvgIpc) is 2.56. The Morgan fingerprint density at radius 3 is 1.96 bits per heavy atom. The molecule has 0 saturated heterocycles. The highest BCUT2D eigenvalue weighted by Crippen LogP contribution is 2.28. The number of carbonyl (C=O) groups excluding carboxylic acids is 1. The zero-order valence-corrected chi connectivity index (χ0v) is 14.7. The van der Waals surface area contributed by atoms with Crippen molar-refractivity contribution in [3.05, 3.63) is 0 Å². The van der Waals surface area contributed by atoms with Crippen molar-refractivity contribution in [2.45, 2.75) is 32.6 Å². The highest BCUT2D eigenvalue weighted by Gasteiger charge is 2.23. The quantitative estimate of drug-likeness (QED) is 0.520. The maximum Gasteiger partial charge on any atom is 0.223 e. The van der Waals surface area contributed by atoms with Gasteiger partial charge in [-0.15, -0.1) is 0 Å². The summed E-state index contributed by atoms with van der Waals surface area (Å²) in [6, 6.07) is 0. The summed E-state index contributed by atoms with van der Waals surface area (Å²) in [5.41, 5.74) is 0. The van der Waals surface area contributed by atoms with Gasteiger partial charge in [-0.3, -0.25) is 4.79 Å². The molecule has 6 nitrogen and oxygen atoms in total. The van der Waals surface area contributed by atoms with Gasteiger partial charge < -0.3 is 24.3 Å². The van der Waals surface area contributed by atoms with Crippen LogP contribution in [0.2, 0.25) is 0 Å². The molecule has 0 atom stereocenters. The van der Waals surface area contributed by atoms with Crippen LogP contribution >= 0.6 is 0 Å². The molecule has 0 aromatic rings. The molecule has 0 radical (unpaired) electrons. The Morgan fingerprint density at radius 2 is 1.39 bits per heavy atom.